The third kappa shape index (κ3) is 4.03. The summed E-state index contributed by atoms with van der Waals surface area (Å²) in [6.45, 7) is 6.96. The summed E-state index contributed by atoms with van der Waals surface area (Å²) in [5.74, 6) is 0.270. The molecule has 1 saturated carbocycles. The van der Waals surface area contributed by atoms with E-state index in [1.54, 1.807) is 13.0 Å². The van der Waals surface area contributed by atoms with Crippen molar-refractivity contribution in [1.82, 2.24) is 5.32 Å². The average Bonchev–Trinajstić information content (AvgIpc) is 2.44. The van der Waals surface area contributed by atoms with Gasteiger partial charge < -0.3 is 5.32 Å². The predicted octanol–water partition coefficient (Wildman–Crippen LogP) is 5.14. The molecule has 0 heterocycles. The van der Waals surface area contributed by atoms with Crippen LogP contribution in [0.1, 0.15) is 63.1 Å². The number of halogens is 2. The van der Waals surface area contributed by atoms with Crippen molar-refractivity contribution >= 4 is 0 Å². The van der Waals surface area contributed by atoms with Gasteiger partial charge in [0.2, 0.25) is 0 Å². The molecule has 3 heteroatoms. The Morgan fingerprint density at radius 3 is 2.67 bits per heavy atom. The molecule has 0 bridgehead atoms. The first-order valence-electron chi connectivity index (χ1n) is 8.21. The van der Waals surface area contributed by atoms with E-state index in [0.717, 1.165) is 31.9 Å². The number of aryl methyl sites for hydroxylation is 1. The maximum Gasteiger partial charge on any atom is 0.130 e. The lowest BCUT2D eigenvalue weighted by Gasteiger charge is -2.34. The van der Waals surface area contributed by atoms with Gasteiger partial charge in [-0.05, 0) is 56.2 Å². The van der Waals surface area contributed by atoms with Crippen molar-refractivity contribution in [3.63, 3.8) is 0 Å². The molecule has 1 aliphatic carbocycles. The molecule has 0 radical (unpaired) electrons. The van der Waals surface area contributed by atoms with Crippen LogP contribution in [-0.4, -0.2) is 6.54 Å². The fourth-order valence-corrected chi connectivity index (χ4v) is 3.53. The lowest BCUT2D eigenvalue weighted by Crippen LogP contribution is -2.32. The summed E-state index contributed by atoms with van der Waals surface area (Å²) >= 11 is 0. The van der Waals surface area contributed by atoms with Crippen molar-refractivity contribution in [2.45, 2.75) is 58.9 Å². The van der Waals surface area contributed by atoms with Crippen molar-refractivity contribution < 1.29 is 8.78 Å². The highest BCUT2D eigenvalue weighted by molar-refractivity contribution is 5.29. The third-order valence-electron chi connectivity index (χ3n) is 4.68. The van der Waals surface area contributed by atoms with Gasteiger partial charge >= 0.3 is 0 Å². The van der Waals surface area contributed by atoms with Gasteiger partial charge in [-0.1, -0.05) is 26.7 Å². The van der Waals surface area contributed by atoms with E-state index in [1.165, 1.54) is 12.8 Å². The normalized spacial score (nSPS) is 24.0. The number of benzene rings is 1. The minimum absolute atomic E-state index is 0.00648. The minimum atomic E-state index is -0.456. The van der Waals surface area contributed by atoms with Gasteiger partial charge in [0.1, 0.15) is 11.6 Å². The SMILES string of the molecule is CCCNC(c1cc(C)c(F)cc1F)C1CCCC(C)C1. The molecule has 118 valence electrons. The van der Waals surface area contributed by atoms with Gasteiger partial charge in [-0.25, -0.2) is 8.78 Å². The summed E-state index contributed by atoms with van der Waals surface area (Å²) in [6, 6.07) is 2.74. The van der Waals surface area contributed by atoms with Crippen LogP contribution >= 0.6 is 0 Å². The van der Waals surface area contributed by atoms with Crippen molar-refractivity contribution in [1.29, 1.82) is 0 Å². The van der Waals surface area contributed by atoms with Crippen LogP contribution in [0.5, 0.6) is 0 Å². The monoisotopic (exact) mass is 295 g/mol. The van der Waals surface area contributed by atoms with Gasteiger partial charge in [0.05, 0.1) is 0 Å². The summed E-state index contributed by atoms with van der Waals surface area (Å²) < 4.78 is 27.8. The minimum Gasteiger partial charge on any atom is -0.310 e. The van der Waals surface area contributed by atoms with Gasteiger partial charge in [-0.15, -0.1) is 0 Å². The van der Waals surface area contributed by atoms with Gasteiger partial charge in [0, 0.05) is 17.7 Å². The van der Waals surface area contributed by atoms with E-state index in [-0.39, 0.29) is 6.04 Å². The van der Waals surface area contributed by atoms with Crippen LogP contribution in [0.15, 0.2) is 12.1 Å². The van der Waals surface area contributed by atoms with Crippen LogP contribution in [0.3, 0.4) is 0 Å². The molecular formula is C18H27F2N. The predicted molar refractivity (Wildman–Crippen MR) is 83.3 cm³/mol. The lowest BCUT2D eigenvalue weighted by atomic mass is 9.76. The Morgan fingerprint density at radius 2 is 2.00 bits per heavy atom. The standard InChI is InChI=1S/C18H27F2N/c1-4-8-21-18(14-7-5-6-12(2)9-14)15-10-13(3)16(19)11-17(15)20/h10-12,14,18,21H,4-9H2,1-3H3. The van der Waals surface area contributed by atoms with E-state index in [4.69, 9.17) is 0 Å². The molecule has 0 saturated heterocycles. The summed E-state index contributed by atoms with van der Waals surface area (Å²) in [6.07, 6.45) is 5.74. The molecule has 1 fully saturated rings. The molecule has 0 spiro atoms. The van der Waals surface area contributed by atoms with Crippen LogP contribution in [-0.2, 0) is 0 Å². The summed E-state index contributed by atoms with van der Waals surface area (Å²) in [7, 11) is 0. The molecule has 0 aromatic heterocycles. The second kappa shape index (κ2) is 7.35. The number of hydrogen-bond donors (Lipinski definition) is 1. The van der Waals surface area contributed by atoms with Gasteiger partial charge in [0.15, 0.2) is 0 Å². The van der Waals surface area contributed by atoms with E-state index in [2.05, 4.69) is 19.2 Å². The molecule has 1 aliphatic rings. The second-order valence-electron chi connectivity index (χ2n) is 6.59. The topological polar surface area (TPSA) is 12.0 Å². The first-order valence-corrected chi connectivity index (χ1v) is 8.21. The van der Waals surface area contributed by atoms with Crippen LogP contribution in [0.25, 0.3) is 0 Å². The smallest absolute Gasteiger partial charge is 0.130 e. The number of hydrogen-bond acceptors (Lipinski definition) is 1. The van der Waals surface area contributed by atoms with E-state index < -0.39 is 11.6 Å². The van der Waals surface area contributed by atoms with Crippen LogP contribution < -0.4 is 5.32 Å². The Bertz CT molecular complexity index is 473. The van der Waals surface area contributed by atoms with Crippen LogP contribution in [0, 0.1) is 30.4 Å². The maximum atomic E-state index is 14.3. The maximum absolute atomic E-state index is 14.3. The first kappa shape index (κ1) is 16.4. The molecule has 1 nitrogen and oxygen atoms in total. The Kier molecular flexibility index (Phi) is 5.74. The Labute approximate surface area is 127 Å². The molecule has 2 rings (SSSR count). The highest BCUT2D eigenvalue weighted by Gasteiger charge is 2.29. The average molecular weight is 295 g/mol. The van der Waals surface area contributed by atoms with Crippen molar-refractivity contribution in [3.05, 3.63) is 34.9 Å². The van der Waals surface area contributed by atoms with Crippen molar-refractivity contribution in [3.8, 4) is 0 Å². The van der Waals surface area contributed by atoms with Crippen LogP contribution in [0.4, 0.5) is 8.78 Å². The van der Waals surface area contributed by atoms with E-state index in [0.29, 0.717) is 23.0 Å². The van der Waals surface area contributed by atoms with E-state index in [1.807, 2.05) is 0 Å². The zero-order valence-corrected chi connectivity index (χ0v) is 13.4. The van der Waals surface area contributed by atoms with Crippen molar-refractivity contribution in [2.75, 3.05) is 6.54 Å². The summed E-state index contributed by atoms with van der Waals surface area (Å²) in [4.78, 5) is 0. The molecule has 3 atom stereocenters. The highest BCUT2D eigenvalue weighted by atomic mass is 19.1. The molecule has 0 aliphatic heterocycles. The third-order valence-corrected chi connectivity index (χ3v) is 4.68. The van der Waals surface area contributed by atoms with Gasteiger partial charge in [-0.3, -0.25) is 0 Å². The zero-order valence-electron chi connectivity index (χ0n) is 13.4. The van der Waals surface area contributed by atoms with Crippen molar-refractivity contribution in [2.24, 2.45) is 11.8 Å². The Morgan fingerprint density at radius 1 is 1.24 bits per heavy atom. The second-order valence-corrected chi connectivity index (χ2v) is 6.59. The zero-order chi connectivity index (χ0) is 15.4. The molecule has 1 aromatic carbocycles. The quantitative estimate of drug-likeness (QED) is 0.793. The first-order chi connectivity index (χ1) is 10.0. The van der Waals surface area contributed by atoms with Crippen LogP contribution in [0.2, 0.25) is 0 Å². The van der Waals surface area contributed by atoms with Gasteiger partial charge in [0.25, 0.3) is 0 Å². The Hall–Kier alpha value is -0.960. The van der Waals surface area contributed by atoms with E-state index >= 15 is 0 Å². The number of rotatable bonds is 5. The molecule has 1 aromatic rings. The molecule has 3 unspecified atom stereocenters. The number of nitrogens with one attached hydrogen (secondary N) is 1. The fraction of sp³-hybridized carbons (Fsp3) is 0.667. The van der Waals surface area contributed by atoms with E-state index in [9.17, 15) is 8.78 Å². The summed E-state index contributed by atoms with van der Waals surface area (Å²) in [5, 5.41) is 3.50. The molecular weight excluding hydrogens is 268 g/mol. The lowest BCUT2D eigenvalue weighted by molar-refractivity contribution is 0.220. The summed E-state index contributed by atoms with van der Waals surface area (Å²) in [5.41, 5.74) is 1.17. The molecule has 21 heavy (non-hydrogen) atoms. The highest BCUT2D eigenvalue weighted by Crippen LogP contribution is 2.38. The Balaban J connectivity index is 2.28. The fourth-order valence-electron chi connectivity index (χ4n) is 3.53. The molecule has 0 amide bonds. The van der Waals surface area contributed by atoms with Gasteiger partial charge in [-0.2, -0.15) is 0 Å². The molecule has 1 N–H and O–H groups in total. The largest absolute Gasteiger partial charge is 0.310 e.